The van der Waals surface area contributed by atoms with Gasteiger partial charge in [-0.05, 0) is 6.04 Å². The Morgan fingerprint density at radius 2 is 2.00 bits per heavy atom. The predicted octanol–water partition coefficient (Wildman–Crippen LogP) is 1.44. The van der Waals surface area contributed by atoms with Crippen molar-refractivity contribution in [3.63, 3.8) is 0 Å². The molecule has 0 aliphatic rings. The Morgan fingerprint density at radius 3 is 2.00 bits per heavy atom. The van der Waals surface area contributed by atoms with Gasteiger partial charge in [0.2, 0.25) is 0 Å². The molecule has 0 saturated carbocycles. The van der Waals surface area contributed by atoms with Crippen molar-refractivity contribution in [3.05, 3.63) is 0 Å². The van der Waals surface area contributed by atoms with E-state index in [0.717, 1.165) is 6.04 Å². The number of hydrogen-bond donors (Lipinski definition) is 0. The van der Waals surface area contributed by atoms with Gasteiger partial charge in [-0.25, -0.2) is 0 Å². The van der Waals surface area contributed by atoms with Gasteiger partial charge in [0, 0.05) is 8.80 Å². The summed E-state index contributed by atoms with van der Waals surface area (Å²) in [4.78, 5) is 0. The molecule has 0 aromatic heterocycles. The van der Waals surface area contributed by atoms with Crippen molar-refractivity contribution in [2.45, 2.75) is 19.1 Å². The van der Waals surface area contributed by atoms with Crippen LogP contribution in [0.4, 0.5) is 4.39 Å². The van der Waals surface area contributed by atoms with Crippen molar-refractivity contribution >= 4 is 8.80 Å². The summed E-state index contributed by atoms with van der Waals surface area (Å²) in [5.41, 5.74) is 0. The SMILES string of the molecule is C[SiH](C)CCF. The van der Waals surface area contributed by atoms with Gasteiger partial charge in [0.25, 0.3) is 0 Å². The average Bonchev–Trinajstić information content (AvgIpc) is 1.35. The summed E-state index contributed by atoms with van der Waals surface area (Å²) >= 11 is 0. The highest BCUT2D eigenvalue weighted by molar-refractivity contribution is 6.55. The van der Waals surface area contributed by atoms with Crippen molar-refractivity contribution < 1.29 is 4.39 Å². The number of halogens is 1. The van der Waals surface area contributed by atoms with E-state index in [9.17, 15) is 4.39 Å². The van der Waals surface area contributed by atoms with Crippen LogP contribution in [0.15, 0.2) is 0 Å². The van der Waals surface area contributed by atoms with Gasteiger partial charge in [-0.3, -0.25) is 4.39 Å². The van der Waals surface area contributed by atoms with Gasteiger partial charge < -0.3 is 0 Å². The molecule has 0 amide bonds. The van der Waals surface area contributed by atoms with Crippen LogP contribution in [0.3, 0.4) is 0 Å². The summed E-state index contributed by atoms with van der Waals surface area (Å²) in [6.07, 6.45) is 0. The molecule has 0 unspecified atom stereocenters. The van der Waals surface area contributed by atoms with E-state index >= 15 is 0 Å². The Hall–Kier alpha value is 0.147. The van der Waals surface area contributed by atoms with E-state index in [1.165, 1.54) is 0 Å². The van der Waals surface area contributed by atoms with Crippen LogP contribution in [-0.4, -0.2) is 15.5 Å². The Labute approximate surface area is 40.0 Å². The van der Waals surface area contributed by atoms with Crippen molar-refractivity contribution in [2.24, 2.45) is 0 Å². The molecule has 0 atom stereocenters. The van der Waals surface area contributed by atoms with Gasteiger partial charge in [-0.2, -0.15) is 0 Å². The van der Waals surface area contributed by atoms with Gasteiger partial charge in [-0.15, -0.1) is 0 Å². The second-order valence-corrected chi connectivity index (χ2v) is 5.24. The van der Waals surface area contributed by atoms with E-state index in [2.05, 4.69) is 13.1 Å². The topological polar surface area (TPSA) is 0 Å². The van der Waals surface area contributed by atoms with Crippen molar-refractivity contribution in [3.8, 4) is 0 Å². The molecule has 0 spiro atoms. The van der Waals surface area contributed by atoms with Crippen LogP contribution >= 0.6 is 0 Å². The highest BCUT2D eigenvalue weighted by atomic mass is 28.3. The van der Waals surface area contributed by atoms with E-state index in [1.54, 1.807) is 0 Å². The lowest BCUT2D eigenvalue weighted by Gasteiger charge is -1.91. The monoisotopic (exact) mass is 106 g/mol. The molecule has 0 aromatic rings. The maximum Gasteiger partial charge on any atom is 0.0868 e. The molecule has 0 fully saturated rings. The van der Waals surface area contributed by atoms with Gasteiger partial charge in [0.15, 0.2) is 0 Å². The van der Waals surface area contributed by atoms with Crippen LogP contribution < -0.4 is 0 Å². The van der Waals surface area contributed by atoms with Crippen LogP contribution in [0.25, 0.3) is 0 Å². The van der Waals surface area contributed by atoms with E-state index in [4.69, 9.17) is 0 Å². The second kappa shape index (κ2) is 3.34. The van der Waals surface area contributed by atoms with Gasteiger partial charge >= 0.3 is 0 Å². The first kappa shape index (κ1) is 6.15. The van der Waals surface area contributed by atoms with Crippen LogP contribution in [0.5, 0.6) is 0 Å². The zero-order valence-electron chi connectivity index (χ0n) is 4.37. The van der Waals surface area contributed by atoms with Crippen LogP contribution in [0.1, 0.15) is 0 Å². The first-order valence-electron chi connectivity index (χ1n) is 2.33. The van der Waals surface area contributed by atoms with Crippen molar-refractivity contribution in [2.75, 3.05) is 6.67 Å². The van der Waals surface area contributed by atoms with Crippen molar-refractivity contribution in [1.29, 1.82) is 0 Å². The minimum absolute atomic E-state index is 0.107. The van der Waals surface area contributed by atoms with E-state index < -0.39 is 8.80 Å². The summed E-state index contributed by atoms with van der Waals surface area (Å²) in [7, 11) is -0.546. The molecule has 0 heterocycles. The van der Waals surface area contributed by atoms with Gasteiger partial charge in [0.05, 0.1) is 6.67 Å². The van der Waals surface area contributed by atoms with Gasteiger partial charge in [-0.1, -0.05) is 13.1 Å². The summed E-state index contributed by atoms with van der Waals surface area (Å²) < 4.78 is 11.3. The third-order valence-electron chi connectivity index (χ3n) is 0.686. The Morgan fingerprint density at radius 1 is 1.50 bits per heavy atom. The third kappa shape index (κ3) is 4.15. The minimum Gasteiger partial charge on any atom is -0.251 e. The average molecular weight is 106 g/mol. The molecule has 2 heteroatoms. The number of hydrogen-bond acceptors (Lipinski definition) is 0. The van der Waals surface area contributed by atoms with Crippen LogP contribution in [0, 0.1) is 0 Å². The summed E-state index contributed by atoms with van der Waals surface area (Å²) in [6, 6.07) is 0.847. The molecule has 0 radical (unpaired) electrons. The molecular formula is C4H11FSi. The lowest BCUT2D eigenvalue weighted by Crippen LogP contribution is -1.98. The molecular weight excluding hydrogens is 95.1 g/mol. The number of alkyl halides is 1. The molecule has 0 N–H and O–H groups in total. The molecule has 0 aliphatic heterocycles. The van der Waals surface area contributed by atoms with Crippen molar-refractivity contribution in [1.82, 2.24) is 0 Å². The normalized spacial score (nSPS) is 10.0. The van der Waals surface area contributed by atoms with Crippen LogP contribution in [0.2, 0.25) is 19.1 Å². The largest absolute Gasteiger partial charge is 0.251 e. The fourth-order valence-corrected chi connectivity index (χ4v) is 0.655. The Bertz CT molecular complexity index is 28.7. The molecule has 38 valence electrons. The fraction of sp³-hybridized carbons (Fsp3) is 1.00. The quantitative estimate of drug-likeness (QED) is 0.467. The highest BCUT2D eigenvalue weighted by Gasteiger charge is 1.90. The number of rotatable bonds is 2. The lowest BCUT2D eigenvalue weighted by atomic mass is 10.9. The first-order chi connectivity index (χ1) is 2.77. The molecule has 0 rings (SSSR count). The maximum atomic E-state index is 11.3. The van der Waals surface area contributed by atoms with Crippen LogP contribution in [-0.2, 0) is 0 Å². The zero-order valence-corrected chi connectivity index (χ0v) is 5.52. The predicted molar refractivity (Wildman–Crippen MR) is 29.7 cm³/mol. The second-order valence-electron chi connectivity index (χ2n) is 1.87. The van der Waals surface area contributed by atoms with E-state index in [-0.39, 0.29) is 6.67 Å². The first-order valence-corrected chi connectivity index (χ1v) is 5.46. The van der Waals surface area contributed by atoms with E-state index in [0.29, 0.717) is 0 Å². The fourth-order valence-electron chi connectivity index (χ4n) is 0.218. The molecule has 0 bridgehead atoms. The van der Waals surface area contributed by atoms with Gasteiger partial charge in [0.1, 0.15) is 0 Å². The summed E-state index contributed by atoms with van der Waals surface area (Å²) in [5, 5.41) is 0. The van der Waals surface area contributed by atoms with E-state index in [1.807, 2.05) is 0 Å². The summed E-state index contributed by atoms with van der Waals surface area (Å²) in [5.74, 6) is 0. The maximum absolute atomic E-state index is 11.3. The molecule has 0 saturated heterocycles. The standard InChI is InChI=1S/C4H11FSi/c1-6(2)4-3-5/h6H,3-4H2,1-2H3. The molecule has 0 aromatic carbocycles. The molecule has 0 aliphatic carbocycles. The Kier molecular flexibility index (Phi) is 3.42. The molecule has 0 nitrogen and oxygen atoms in total. The third-order valence-corrected chi connectivity index (χ3v) is 2.06. The smallest absolute Gasteiger partial charge is 0.0868 e. The highest BCUT2D eigenvalue weighted by Crippen LogP contribution is 1.88. The zero-order chi connectivity index (χ0) is 4.99. The summed E-state index contributed by atoms with van der Waals surface area (Å²) in [6.45, 7) is 4.20. The minimum atomic E-state index is -0.546. The lowest BCUT2D eigenvalue weighted by molar-refractivity contribution is 0.525. The molecule has 6 heavy (non-hydrogen) atoms. The Balaban J connectivity index is 2.63.